The summed E-state index contributed by atoms with van der Waals surface area (Å²) in [7, 11) is 4.07. The minimum absolute atomic E-state index is 0.103. The van der Waals surface area contributed by atoms with Crippen LogP contribution in [0.5, 0.6) is 5.75 Å². The molecule has 6 heterocycles. The Bertz CT molecular complexity index is 2100. The lowest BCUT2D eigenvalue weighted by molar-refractivity contribution is -0.136. The fourth-order valence-corrected chi connectivity index (χ4v) is 8.21. The van der Waals surface area contributed by atoms with E-state index in [2.05, 4.69) is 68.3 Å². The lowest BCUT2D eigenvalue weighted by atomic mass is 9.85. The maximum Gasteiger partial charge on any atom is 0.307 e. The van der Waals surface area contributed by atoms with Crippen molar-refractivity contribution in [3.63, 3.8) is 0 Å². The molecule has 1 fully saturated rings. The van der Waals surface area contributed by atoms with Gasteiger partial charge in [-0.3, -0.25) is 14.5 Å². The highest BCUT2D eigenvalue weighted by molar-refractivity contribution is 5.91. The maximum absolute atomic E-state index is 12.4. The number of anilines is 1. The average molecular weight is 688 g/mol. The topological polar surface area (TPSA) is 119 Å². The fraction of sp³-hybridized carbons (Fsp3) is 0.425. The van der Waals surface area contributed by atoms with Gasteiger partial charge in [-0.1, -0.05) is 24.3 Å². The van der Waals surface area contributed by atoms with E-state index in [0.29, 0.717) is 12.5 Å². The second-order valence-corrected chi connectivity index (χ2v) is 14.3. The number of hydrogen-bond donors (Lipinski definition) is 1. The smallest absolute Gasteiger partial charge is 0.307 e. The summed E-state index contributed by atoms with van der Waals surface area (Å²) < 4.78 is 13.4. The van der Waals surface area contributed by atoms with Crippen LogP contribution in [0.4, 0.5) is 5.82 Å². The zero-order valence-corrected chi connectivity index (χ0v) is 29.7. The number of nitrogens with zero attached hydrogens (tertiary/aromatic N) is 7. The summed E-state index contributed by atoms with van der Waals surface area (Å²) in [5, 5.41) is 15.5. The number of carboxylic acid groups (broad SMARTS) is 1. The molecule has 11 heteroatoms. The zero-order valence-electron chi connectivity index (χ0n) is 29.7. The van der Waals surface area contributed by atoms with Gasteiger partial charge in [0.2, 0.25) is 0 Å². The molecule has 0 amide bonds. The highest BCUT2D eigenvalue weighted by Gasteiger charge is 2.27. The van der Waals surface area contributed by atoms with E-state index in [1.807, 2.05) is 20.2 Å². The second-order valence-electron chi connectivity index (χ2n) is 14.3. The van der Waals surface area contributed by atoms with Crippen LogP contribution in [0.15, 0.2) is 48.9 Å². The van der Waals surface area contributed by atoms with Crippen molar-refractivity contribution in [1.82, 2.24) is 29.6 Å². The van der Waals surface area contributed by atoms with Gasteiger partial charge in [0.15, 0.2) is 5.65 Å². The molecule has 264 valence electrons. The minimum atomic E-state index is -0.865. The number of hydrogen-bond acceptors (Lipinski definition) is 9. The molecule has 8 rings (SSSR count). The molecule has 3 aliphatic rings. The van der Waals surface area contributed by atoms with Gasteiger partial charge in [-0.2, -0.15) is 5.10 Å². The normalized spacial score (nSPS) is 16.3. The predicted octanol–water partition coefficient (Wildman–Crippen LogP) is 5.77. The Labute approximate surface area is 298 Å². The first-order valence-electron chi connectivity index (χ1n) is 18.1. The molecule has 0 radical (unpaired) electrons. The highest BCUT2D eigenvalue weighted by Crippen LogP contribution is 2.42. The number of carbonyl (C=O) groups is 1. The first-order chi connectivity index (χ1) is 24.8. The number of fused-ring (bicyclic) bond motifs is 3. The zero-order chi connectivity index (χ0) is 35.1. The highest BCUT2D eigenvalue weighted by atomic mass is 16.5. The molecular weight excluding hydrogens is 642 g/mol. The standard InChI is InChI=1S/C40H45N7O4/c1-25-32(19-36(48)49)37(29-8-9-35-28(18-29)5-4-14-51-35)38(34(44-25)23-45(2)21-26-11-15-50-16-12-26)30-6-7-31-22-47(13-10-27(31)17-30)40-33-20-43-46(3)39(33)41-24-42-40/h6-9,17-18,20,24,26H,4-5,10-16,19,21-23H2,1-3H3,(H,48,49). The third kappa shape index (κ3) is 6.68. The number of aryl methyl sites for hydroxylation is 3. The Balaban J connectivity index is 1.23. The van der Waals surface area contributed by atoms with Crippen LogP contribution in [0, 0.1) is 12.8 Å². The minimum Gasteiger partial charge on any atom is -0.493 e. The molecule has 3 aliphatic heterocycles. The van der Waals surface area contributed by atoms with Crippen molar-refractivity contribution in [2.75, 3.05) is 44.9 Å². The van der Waals surface area contributed by atoms with E-state index in [1.54, 1.807) is 11.0 Å². The van der Waals surface area contributed by atoms with Gasteiger partial charge in [-0.05, 0) is 103 Å². The van der Waals surface area contributed by atoms with Crippen molar-refractivity contribution in [3.05, 3.63) is 82.6 Å². The van der Waals surface area contributed by atoms with Crippen molar-refractivity contribution >= 4 is 22.8 Å². The quantitative estimate of drug-likeness (QED) is 0.205. The van der Waals surface area contributed by atoms with Gasteiger partial charge in [0.25, 0.3) is 0 Å². The number of aliphatic carboxylic acids is 1. The molecular formula is C40H45N7O4. The van der Waals surface area contributed by atoms with Crippen molar-refractivity contribution in [2.45, 2.75) is 58.5 Å². The SMILES string of the molecule is Cc1nc(CN(C)CC2CCOCC2)c(-c2ccc3c(c2)CCN(c2ncnc4c2cnn4C)C3)c(-c2ccc3c(c2)CCCO3)c1CC(=O)O. The lowest BCUT2D eigenvalue weighted by Crippen LogP contribution is -2.31. The number of carboxylic acids is 1. The van der Waals surface area contributed by atoms with Gasteiger partial charge in [0.1, 0.15) is 17.9 Å². The molecule has 0 bridgehead atoms. The van der Waals surface area contributed by atoms with Gasteiger partial charge < -0.3 is 24.4 Å². The van der Waals surface area contributed by atoms with Crippen molar-refractivity contribution in [3.8, 4) is 28.0 Å². The molecule has 0 atom stereocenters. The molecule has 0 unspecified atom stereocenters. The van der Waals surface area contributed by atoms with Crippen LogP contribution in [0.3, 0.4) is 0 Å². The molecule has 3 aromatic heterocycles. The van der Waals surface area contributed by atoms with Crippen LogP contribution in [0.1, 0.15) is 52.9 Å². The third-order valence-electron chi connectivity index (χ3n) is 10.8. The van der Waals surface area contributed by atoms with Crippen LogP contribution < -0.4 is 9.64 Å². The number of benzene rings is 2. The number of rotatable bonds is 9. The Morgan fingerprint density at radius 3 is 2.65 bits per heavy atom. The van der Waals surface area contributed by atoms with Crippen molar-refractivity contribution in [2.24, 2.45) is 13.0 Å². The molecule has 0 aliphatic carbocycles. The van der Waals surface area contributed by atoms with Gasteiger partial charge in [0, 0.05) is 57.7 Å². The number of aromatic nitrogens is 5. The summed E-state index contributed by atoms with van der Waals surface area (Å²) in [4.78, 5) is 31.4. The first-order valence-corrected chi connectivity index (χ1v) is 18.1. The predicted molar refractivity (Wildman–Crippen MR) is 196 cm³/mol. The first kappa shape index (κ1) is 33.3. The van der Waals surface area contributed by atoms with E-state index < -0.39 is 5.97 Å². The lowest BCUT2D eigenvalue weighted by Gasteiger charge is -2.31. The molecule has 0 saturated carbocycles. The van der Waals surface area contributed by atoms with Crippen molar-refractivity contribution in [1.29, 1.82) is 0 Å². The summed E-state index contributed by atoms with van der Waals surface area (Å²) in [5.41, 5.74) is 11.1. The summed E-state index contributed by atoms with van der Waals surface area (Å²) in [6.45, 7) is 7.46. The molecule has 1 N–H and O–H groups in total. The van der Waals surface area contributed by atoms with E-state index in [9.17, 15) is 9.90 Å². The Morgan fingerprint density at radius 1 is 1.00 bits per heavy atom. The van der Waals surface area contributed by atoms with Crippen LogP contribution in [0.25, 0.3) is 33.3 Å². The van der Waals surface area contributed by atoms with Gasteiger partial charge in [-0.25, -0.2) is 9.97 Å². The maximum atomic E-state index is 12.4. The fourth-order valence-electron chi connectivity index (χ4n) is 8.21. The summed E-state index contributed by atoms with van der Waals surface area (Å²) in [5.74, 6) is 1.53. The van der Waals surface area contributed by atoms with Crippen LogP contribution in [-0.2, 0) is 48.9 Å². The largest absolute Gasteiger partial charge is 0.493 e. The van der Waals surface area contributed by atoms with E-state index >= 15 is 0 Å². The monoisotopic (exact) mass is 687 g/mol. The average Bonchev–Trinajstić information content (AvgIpc) is 3.52. The van der Waals surface area contributed by atoms with Crippen LogP contribution in [0.2, 0.25) is 0 Å². The van der Waals surface area contributed by atoms with Crippen LogP contribution >= 0.6 is 0 Å². The van der Waals surface area contributed by atoms with Crippen molar-refractivity contribution < 1.29 is 19.4 Å². The Kier molecular flexibility index (Phi) is 9.16. The molecule has 2 aromatic carbocycles. The van der Waals surface area contributed by atoms with E-state index in [1.165, 1.54) is 11.1 Å². The van der Waals surface area contributed by atoms with E-state index in [0.717, 1.165) is 139 Å². The van der Waals surface area contributed by atoms with Crippen LogP contribution in [-0.4, -0.2) is 80.7 Å². The van der Waals surface area contributed by atoms with Gasteiger partial charge in [-0.15, -0.1) is 0 Å². The van der Waals surface area contributed by atoms with Gasteiger partial charge >= 0.3 is 5.97 Å². The number of ether oxygens (including phenoxy) is 2. The van der Waals surface area contributed by atoms with E-state index in [4.69, 9.17) is 14.5 Å². The van der Waals surface area contributed by atoms with E-state index in [-0.39, 0.29) is 6.42 Å². The molecule has 1 saturated heterocycles. The molecule has 0 spiro atoms. The van der Waals surface area contributed by atoms with Gasteiger partial charge in [0.05, 0.1) is 30.3 Å². The Morgan fingerprint density at radius 2 is 1.80 bits per heavy atom. The Hall–Kier alpha value is -4.87. The molecule has 11 nitrogen and oxygen atoms in total. The second kappa shape index (κ2) is 14.0. The summed E-state index contributed by atoms with van der Waals surface area (Å²) in [6.07, 6.45) is 8.23. The molecule has 51 heavy (non-hydrogen) atoms. The summed E-state index contributed by atoms with van der Waals surface area (Å²) >= 11 is 0. The third-order valence-corrected chi connectivity index (χ3v) is 10.8. The molecule has 5 aromatic rings. The summed E-state index contributed by atoms with van der Waals surface area (Å²) in [6, 6.07) is 13.1. The number of pyridine rings is 1.